The van der Waals surface area contributed by atoms with Crippen molar-refractivity contribution in [3.05, 3.63) is 25.5 Å². The first-order valence-electron chi connectivity index (χ1n) is 8.92. The van der Waals surface area contributed by atoms with Gasteiger partial charge in [0, 0.05) is 6.42 Å². The first kappa shape index (κ1) is 30.7. The van der Waals surface area contributed by atoms with Gasteiger partial charge in [0.1, 0.15) is 6.23 Å². The van der Waals surface area contributed by atoms with Crippen LogP contribution in [0, 0.1) is 0 Å². The van der Waals surface area contributed by atoms with Gasteiger partial charge >= 0.3 is 8.56 Å². The molecule has 0 aromatic carbocycles. The van der Waals surface area contributed by atoms with E-state index in [0.717, 1.165) is 12.2 Å². The third kappa shape index (κ3) is 17.4. The van der Waals surface area contributed by atoms with Crippen molar-refractivity contribution in [1.29, 1.82) is 0 Å². The molecule has 0 aromatic rings. The van der Waals surface area contributed by atoms with E-state index in [1.807, 2.05) is 6.92 Å². The van der Waals surface area contributed by atoms with Crippen LogP contribution in [0.15, 0.2) is 25.5 Å². The Bertz CT molecular complexity index is 403. The third-order valence-corrected chi connectivity index (χ3v) is 14.2. The van der Waals surface area contributed by atoms with Crippen LogP contribution >= 0.6 is 0 Å². The second-order valence-corrected chi connectivity index (χ2v) is 25.5. The highest BCUT2D eigenvalue weighted by molar-refractivity contribution is 6.85. The van der Waals surface area contributed by atoms with E-state index >= 15 is 0 Å². The molecule has 0 aliphatic carbocycles. The lowest BCUT2D eigenvalue weighted by Gasteiger charge is -2.37. The van der Waals surface area contributed by atoms with Crippen molar-refractivity contribution in [3.8, 4) is 0 Å². The Labute approximate surface area is 168 Å². The summed E-state index contributed by atoms with van der Waals surface area (Å²) in [4.78, 5) is 0. The Morgan fingerprint density at radius 3 is 1.54 bits per heavy atom. The van der Waals surface area contributed by atoms with Gasteiger partial charge in [0.25, 0.3) is 0 Å². The number of hydrogen-bond donors (Lipinski definition) is 0. The van der Waals surface area contributed by atoms with E-state index in [4.69, 9.17) is 17.4 Å². The standard InChI is InChI=1S/C15H38O4Si4.C2H4.CH4/c1-12-15(2)16-13-23(11,19-21(6,7)8)17-14-22(9,10)18-20(3,4)5;1-2;/h2,12-14H2,1,3-11H3;1-2H2;1H4. The minimum Gasteiger partial charge on any atom is -0.497 e. The summed E-state index contributed by atoms with van der Waals surface area (Å²) in [7, 11) is -7.52. The fraction of sp³-hybridized carbons (Fsp3) is 0.778. The van der Waals surface area contributed by atoms with Crippen molar-refractivity contribution in [2.45, 2.75) is 79.7 Å². The van der Waals surface area contributed by atoms with E-state index in [0.29, 0.717) is 12.5 Å². The summed E-state index contributed by atoms with van der Waals surface area (Å²) < 4.78 is 24.9. The van der Waals surface area contributed by atoms with Crippen molar-refractivity contribution in [1.82, 2.24) is 0 Å². The Kier molecular flexibility index (Phi) is 14.8. The third-order valence-electron chi connectivity index (χ3n) is 2.76. The zero-order valence-corrected chi connectivity index (χ0v) is 22.4. The maximum Gasteiger partial charge on any atom is 0.363 e. The highest BCUT2D eigenvalue weighted by Gasteiger charge is 2.41. The molecule has 0 spiro atoms. The van der Waals surface area contributed by atoms with Gasteiger partial charge in [-0.05, 0) is 58.9 Å². The van der Waals surface area contributed by atoms with Crippen LogP contribution in [0.25, 0.3) is 0 Å². The molecule has 0 radical (unpaired) electrons. The largest absolute Gasteiger partial charge is 0.497 e. The normalized spacial score (nSPS) is 14.4. The molecule has 0 bridgehead atoms. The smallest absolute Gasteiger partial charge is 0.363 e. The van der Waals surface area contributed by atoms with Crippen LogP contribution in [0.5, 0.6) is 0 Å². The lowest BCUT2D eigenvalue weighted by Crippen LogP contribution is -2.55. The van der Waals surface area contributed by atoms with Gasteiger partial charge in [0.2, 0.25) is 0 Å². The van der Waals surface area contributed by atoms with Gasteiger partial charge in [-0.15, -0.1) is 13.2 Å². The van der Waals surface area contributed by atoms with Gasteiger partial charge in [-0.2, -0.15) is 0 Å². The maximum atomic E-state index is 6.41. The van der Waals surface area contributed by atoms with Crippen LogP contribution in [0.4, 0.5) is 0 Å². The quantitative estimate of drug-likeness (QED) is 0.211. The zero-order chi connectivity index (χ0) is 20.5. The SMILES string of the molecule is C.C=C.C=C(CC)OC[Si](C)(OC[Si](C)(C)O[Si](C)(C)C)O[Si](C)(C)C. The molecule has 0 heterocycles. The Morgan fingerprint density at radius 1 is 0.769 bits per heavy atom. The predicted octanol–water partition coefficient (Wildman–Crippen LogP) is 6.44. The van der Waals surface area contributed by atoms with Gasteiger partial charge in [0.15, 0.2) is 25.0 Å². The molecule has 1 atom stereocenters. The molecular formula is C18H46O4Si4. The highest BCUT2D eigenvalue weighted by atomic mass is 28.4. The maximum absolute atomic E-state index is 6.41. The first-order chi connectivity index (χ1) is 11.1. The Morgan fingerprint density at radius 2 is 1.19 bits per heavy atom. The van der Waals surface area contributed by atoms with Crippen LogP contribution in [0.3, 0.4) is 0 Å². The summed E-state index contributed by atoms with van der Waals surface area (Å²) in [5.74, 6) is 0.793. The lowest BCUT2D eigenvalue weighted by molar-refractivity contribution is 0.184. The predicted molar refractivity (Wildman–Crippen MR) is 127 cm³/mol. The summed E-state index contributed by atoms with van der Waals surface area (Å²) in [5, 5.41) is 0. The molecule has 26 heavy (non-hydrogen) atoms. The minimum absolute atomic E-state index is 0. The van der Waals surface area contributed by atoms with Crippen molar-refractivity contribution in [2.24, 2.45) is 0 Å². The van der Waals surface area contributed by atoms with Crippen molar-refractivity contribution < 1.29 is 17.4 Å². The highest BCUT2D eigenvalue weighted by Crippen LogP contribution is 2.21. The molecule has 0 aromatic heterocycles. The molecule has 0 fully saturated rings. The number of hydrogen-bond acceptors (Lipinski definition) is 4. The van der Waals surface area contributed by atoms with E-state index in [-0.39, 0.29) is 7.43 Å². The van der Waals surface area contributed by atoms with E-state index in [1.54, 1.807) is 0 Å². The van der Waals surface area contributed by atoms with Crippen LogP contribution in [-0.4, -0.2) is 46.0 Å². The molecule has 158 valence electrons. The van der Waals surface area contributed by atoms with Gasteiger partial charge in [-0.25, -0.2) is 0 Å². The summed E-state index contributed by atoms with van der Waals surface area (Å²) in [6.45, 7) is 31.8. The summed E-state index contributed by atoms with van der Waals surface area (Å²) >= 11 is 0. The number of ether oxygens (including phenoxy) is 1. The van der Waals surface area contributed by atoms with Crippen LogP contribution in [0.2, 0.25) is 58.9 Å². The topological polar surface area (TPSA) is 36.9 Å². The van der Waals surface area contributed by atoms with Gasteiger partial charge in [-0.1, -0.05) is 20.9 Å². The van der Waals surface area contributed by atoms with Gasteiger partial charge in [0.05, 0.1) is 12.0 Å². The minimum atomic E-state index is -2.40. The second kappa shape index (κ2) is 12.5. The molecule has 0 rings (SSSR count). The molecule has 4 nitrogen and oxygen atoms in total. The Balaban J connectivity index is -0.00000170. The number of rotatable bonds is 11. The van der Waals surface area contributed by atoms with Gasteiger partial charge in [-0.3, -0.25) is 0 Å². The van der Waals surface area contributed by atoms with E-state index in [2.05, 4.69) is 78.7 Å². The lowest BCUT2D eigenvalue weighted by atomic mass is 10.4. The average Bonchev–Trinajstić information content (AvgIpc) is 2.41. The molecule has 8 heteroatoms. The molecule has 0 amide bonds. The fourth-order valence-corrected chi connectivity index (χ4v) is 17.9. The molecule has 0 N–H and O–H groups in total. The second-order valence-electron chi connectivity index (χ2n) is 8.79. The van der Waals surface area contributed by atoms with Crippen molar-refractivity contribution in [2.75, 3.05) is 12.5 Å². The molecule has 0 aliphatic heterocycles. The van der Waals surface area contributed by atoms with Crippen molar-refractivity contribution in [3.63, 3.8) is 0 Å². The monoisotopic (exact) mass is 438 g/mol. The van der Waals surface area contributed by atoms with Gasteiger partial charge < -0.3 is 17.4 Å². The summed E-state index contributed by atoms with van der Waals surface area (Å²) in [6.07, 6.45) is 1.98. The first-order valence-corrected chi connectivity index (χ1v) is 21.4. The van der Waals surface area contributed by atoms with Crippen LogP contribution in [-0.2, 0) is 17.4 Å². The van der Waals surface area contributed by atoms with E-state index in [1.165, 1.54) is 0 Å². The van der Waals surface area contributed by atoms with Crippen LogP contribution in [0.1, 0.15) is 20.8 Å². The molecular weight excluding hydrogens is 393 g/mol. The van der Waals surface area contributed by atoms with Crippen LogP contribution < -0.4 is 0 Å². The Hall–Kier alpha value is 0.0275. The number of allylic oxidation sites excluding steroid dienone is 1. The molecule has 0 aliphatic rings. The fourth-order valence-electron chi connectivity index (χ4n) is 2.27. The summed E-state index contributed by atoms with van der Waals surface area (Å²) in [5.41, 5.74) is 0. The molecule has 0 saturated heterocycles. The van der Waals surface area contributed by atoms with E-state index in [9.17, 15) is 0 Å². The van der Waals surface area contributed by atoms with Crippen molar-refractivity contribution >= 4 is 33.5 Å². The molecule has 0 saturated carbocycles. The molecule has 1 unspecified atom stereocenters. The zero-order valence-electron chi connectivity index (χ0n) is 18.4. The summed E-state index contributed by atoms with van der Waals surface area (Å²) in [6, 6.07) is 0. The van der Waals surface area contributed by atoms with E-state index < -0.39 is 33.5 Å². The average molecular weight is 439 g/mol.